The Labute approximate surface area is 127 Å². The molecule has 7 heteroatoms. The fourth-order valence-electron chi connectivity index (χ4n) is 2.85. The van der Waals surface area contributed by atoms with Crippen molar-refractivity contribution in [3.8, 4) is 0 Å². The molecule has 0 aromatic carbocycles. The fraction of sp³-hybridized carbons (Fsp3) is 0.714. The molecule has 0 bridgehead atoms. The van der Waals surface area contributed by atoms with E-state index in [1.165, 1.54) is 0 Å². The van der Waals surface area contributed by atoms with Crippen molar-refractivity contribution in [2.45, 2.75) is 31.3 Å². The van der Waals surface area contributed by atoms with Gasteiger partial charge in [-0.2, -0.15) is 4.31 Å². The first kappa shape index (κ1) is 16.5. The molecule has 2 rings (SSSR count). The number of rotatable bonds is 6. The Morgan fingerprint density at radius 3 is 2.71 bits per heavy atom. The van der Waals surface area contributed by atoms with Crippen LogP contribution >= 0.6 is 0 Å². The molecule has 0 spiro atoms. The number of nitrogens with zero attached hydrogens (tertiary/aromatic N) is 2. The van der Waals surface area contributed by atoms with Crippen molar-refractivity contribution in [2.75, 3.05) is 33.7 Å². The predicted octanol–water partition coefficient (Wildman–Crippen LogP) is 0.695. The van der Waals surface area contributed by atoms with Gasteiger partial charge in [-0.25, -0.2) is 8.42 Å². The fourth-order valence-corrected chi connectivity index (χ4v) is 4.43. The van der Waals surface area contributed by atoms with Gasteiger partial charge < -0.3 is 15.2 Å². The van der Waals surface area contributed by atoms with E-state index in [0.717, 1.165) is 12.2 Å². The molecule has 1 fully saturated rings. The Morgan fingerprint density at radius 2 is 2.14 bits per heavy atom. The van der Waals surface area contributed by atoms with Gasteiger partial charge in [-0.3, -0.25) is 0 Å². The maximum Gasteiger partial charge on any atom is 0.244 e. The molecule has 21 heavy (non-hydrogen) atoms. The summed E-state index contributed by atoms with van der Waals surface area (Å²) in [6, 6.07) is 2.01. The Hall–Kier alpha value is -0.890. The summed E-state index contributed by atoms with van der Waals surface area (Å²) >= 11 is 0. The number of aromatic amines is 1. The van der Waals surface area contributed by atoms with Crippen LogP contribution in [0.1, 0.15) is 19.5 Å². The van der Waals surface area contributed by atoms with E-state index in [4.69, 9.17) is 0 Å². The molecule has 2 heterocycles. The Bertz CT molecular complexity index is 567. The molecule has 0 saturated carbocycles. The first-order valence-electron chi connectivity index (χ1n) is 7.40. The molecule has 2 atom stereocenters. The molecule has 1 aliphatic rings. The zero-order valence-electron chi connectivity index (χ0n) is 13.3. The third-order valence-electron chi connectivity index (χ3n) is 4.12. The zero-order valence-corrected chi connectivity index (χ0v) is 14.1. The highest BCUT2D eigenvalue weighted by molar-refractivity contribution is 7.89. The largest absolute Gasteiger partial charge is 0.363 e. The van der Waals surface area contributed by atoms with Crippen molar-refractivity contribution in [3.63, 3.8) is 0 Å². The van der Waals surface area contributed by atoms with Gasteiger partial charge >= 0.3 is 0 Å². The van der Waals surface area contributed by atoms with Gasteiger partial charge in [0.25, 0.3) is 0 Å². The van der Waals surface area contributed by atoms with Gasteiger partial charge in [-0.1, -0.05) is 13.8 Å². The zero-order chi connectivity index (χ0) is 15.6. The quantitative estimate of drug-likeness (QED) is 0.811. The van der Waals surface area contributed by atoms with Crippen molar-refractivity contribution >= 4 is 10.0 Å². The van der Waals surface area contributed by atoms with Gasteiger partial charge in [0.2, 0.25) is 10.0 Å². The summed E-state index contributed by atoms with van der Waals surface area (Å²) in [6.07, 6.45) is 1.59. The van der Waals surface area contributed by atoms with Crippen LogP contribution < -0.4 is 5.32 Å². The standard InChI is InChI=1S/C14H26N4O2S/c1-5-15-7-12-6-13(8-16-12)21(19,20)18-9-11(2)14(10-18)17(3)4/h6,8,11,14-16H,5,7,9-10H2,1-4H3. The number of likely N-dealkylation sites (N-methyl/N-ethyl adjacent to an activating group) is 1. The van der Waals surface area contributed by atoms with E-state index in [0.29, 0.717) is 30.4 Å². The molecule has 2 N–H and O–H groups in total. The highest BCUT2D eigenvalue weighted by Gasteiger charge is 2.38. The van der Waals surface area contributed by atoms with Crippen LogP contribution in [0.5, 0.6) is 0 Å². The lowest BCUT2D eigenvalue weighted by atomic mass is 10.1. The van der Waals surface area contributed by atoms with Crippen molar-refractivity contribution in [1.82, 2.24) is 19.5 Å². The van der Waals surface area contributed by atoms with E-state index < -0.39 is 10.0 Å². The second-order valence-electron chi connectivity index (χ2n) is 5.97. The number of H-pyrrole nitrogens is 1. The van der Waals surface area contributed by atoms with Gasteiger partial charge in [-0.15, -0.1) is 0 Å². The topological polar surface area (TPSA) is 68.4 Å². The molecule has 0 amide bonds. The first-order valence-corrected chi connectivity index (χ1v) is 8.84. The summed E-state index contributed by atoms with van der Waals surface area (Å²) in [5.74, 6) is 0.343. The minimum atomic E-state index is -3.39. The lowest BCUT2D eigenvalue weighted by Gasteiger charge is -2.22. The van der Waals surface area contributed by atoms with E-state index in [9.17, 15) is 8.42 Å². The maximum absolute atomic E-state index is 12.7. The van der Waals surface area contributed by atoms with E-state index in [1.807, 2.05) is 21.0 Å². The van der Waals surface area contributed by atoms with E-state index in [1.54, 1.807) is 16.6 Å². The molecule has 2 unspecified atom stereocenters. The average molecular weight is 314 g/mol. The third-order valence-corrected chi connectivity index (χ3v) is 5.93. The monoisotopic (exact) mass is 314 g/mol. The Balaban J connectivity index is 2.13. The van der Waals surface area contributed by atoms with E-state index in [-0.39, 0.29) is 6.04 Å². The molecular weight excluding hydrogens is 288 g/mol. The molecule has 120 valence electrons. The second kappa shape index (κ2) is 6.48. The number of hydrogen-bond acceptors (Lipinski definition) is 4. The summed E-state index contributed by atoms with van der Waals surface area (Å²) in [4.78, 5) is 5.50. The molecule has 1 saturated heterocycles. The summed E-state index contributed by atoms with van der Waals surface area (Å²) < 4.78 is 27.0. The van der Waals surface area contributed by atoms with Crippen LogP contribution in [-0.2, 0) is 16.6 Å². The predicted molar refractivity (Wildman–Crippen MR) is 83.6 cm³/mol. The van der Waals surface area contributed by atoms with Gasteiger partial charge in [0, 0.05) is 37.6 Å². The molecule has 6 nitrogen and oxygen atoms in total. The number of sulfonamides is 1. The van der Waals surface area contributed by atoms with Gasteiger partial charge in [0.15, 0.2) is 0 Å². The normalized spacial score (nSPS) is 24.0. The highest BCUT2D eigenvalue weighted by Crippen LogP contribution is 2.26. The Kier molecular flexibility index (Phi) is 5.08. The van der Waals surface area contributed by atoms with Crippen LogP contribution in [-0.4, -0.2) is 62.4 Å². The number of nitrogens with one attached hydrogen (secondary N) is 2. The summed E-state index contributed by atoms with van der Waals surface area (Å²) in [5.41, 5.74) is 0.895. The molecule has 1 aliphatic heterocycles. The van der Waals surface area contributed by atoms with Crippen LogP contribution in [0, 0.1) is 5.92 Å². The molecule has 1 aromatic rings. The molecular formula is C14H26N4O2S. The minimum Gasteiger partial charge on any atom is -0.363 e. The van der Waals surface area contributed by atoms with E-state index >= 15 is 0 Å². The summed E-state index contributed by atoms with van der Waals surface area (Å²) in [7, 11) is 0.610. The highest BCUT2D eigenvalue weighted by atomic mass is 32.2. The lowest BCUT2D eigenvalue weighted by Crippen LogP contribution is -2.35. The Morgan fingerprint density at radius 1 is 1.43 bits per heavy atom. The lowest BCUT2D eigenvalue weighted by molar-refractivity contribution is 0.263. The number of hydrogen-bond donors (Lipinski definition) is 2. The van der Waals surface area contributed by atoms with Gasteiger partial charge in [0.1, 0.15) is 0 Å². The van der Waals surface area contributed by atoms with Crippen LogP contribution in [0.25, 0.3) is 0 Å². The average Bonchev–Trinajstić information content (AvgIpc) is 3.03. The third kappa shape index (κ3) is 3.48. The number of aromatic nitrogens is 1. The van der Waals surface area contributed by atoms with Crippen LogP contribution in [0.2, 0.25) is 0 Å². The first-order chi connectivity index (χ1) is 9.86. The van der Waals surface area contributed by atoms with Crippen LogP contribution in [0.15, 0.2) is 17.2 Å². The smallest absolute Gasteiger partial charge is 0.244 e. The summed E-state index contributed by atoms with van der Waals surface area (Å²) in [5, 5.41) is 3.18. The van der Waals surface area contributed by atoms with Crippen LogP contribution in [0.4, 0.5) is 0 Å². The minimum absolute atomic E-state index is 0.278. The summed E-state index contributed by atoms with van der Waals surface area (Å²) in [6.45, 7) is 6.78. The van der Waals surface area contributed by atoms with Crippen molar-refractivity contribution < 1.29 is 8.42 Å². The van der Waals surface area contributed by atoms with Crippen LogP contribution in [0.3, 0.4) is 0 Å². The van der Waals surface area contributed by atoms with Crippen molar-refractivity contribution in [2.24, 2.45) is 5.92 Å². The van der Waals surface area contributed by atoms with Crippen molar-refractivity contribution in [1.29, 1.82) is 0 Å². The van der Waals surface area contributed by atoms with E-state index in [2.05, 4.69) is 22.1 Å². The second-order valence-corrected chi connectivity index (χ2v) is 7.91. The van der Waals surface area contributed by atoms with Crippen molar-refractivity contribution in [3.05, 3.63) is 18.0 Å². The SMILES string of the molecule is CCNCc1cc(S(=O)(=O)N2CC(C)C(N(C)C)C2)c[nH]1. The molecule has 1 aromatic heterocycles. The molecule has 0 aliphatic carbocycles. The van der Waals surface area contributed by atoms with Gasteiger partial charge in [-0.05, 0) is 32.6 Å². The maximum atomic E-state index is 12.7. The molecule has 0 radical (unpaired) electrons. The van der Waals surface area contributed by atoms with Gasteiger partial charge in [0.05, 0.1) is 4.90 Å².